The van der Waals surface area contributed by atoms with Gasteiger partial charge in [0.15, 0.2) is 0 Å². The van der Waals surface area contributed by atoms with E-state index in [1.807, 2.05) is 18.2 Å². The van der Waals surface area contributed by atoms with Gasteiger partial charge in [-0.1, -0.05) is 18.2 Å². The molecule has 2 aromatic carbocycles. The number of rotatable bonds is 7. The smallest absolute Gasteiger partial charge is 0.309 e. The van der Waals surface area contributed by atoms with Crippen LogP contribution in [0.25, 0.3) is 11.1 Å². The van der Waals surface area contributed by atoms with Crippen molar-refractivity contribution in [2.75, 3.05) is 14.2 Å². The number of carbonyl (C=O) groups excluding carboxylic acids is 1. The highest BCUT2D eigenvalue weighted by Gasteiger charge is 2.41. The molecule has 0 saturated heterocycles. The van der Waals surface area contributed by atoms with Gasteiger partial charge in [-0.2, -0.15) is 0 Å². The lowest BCUT2D eigenvalue weighted by Gasteiger charge is -2.25. The summed E-state index contributed by atoms with van der Waals surface area (Å²) in [5, 5.41) is 3.61. The molecule has 1 saturated carbocycles. The number of nitrogens with one attached hydrogen (secondary N) is 1. The Morgan fingerprint density at radius 1 is 1.10 bits per heavy atom. The lowest BCUT2D eigenvalue weighted by atomic mass is 9.86. The van der Waals surface area contributed by atoms with E-state index in [9.17, 15) is 9.18 Å². The van der Waals surface area contributed by atoms with Gasteiger partial charge in [-0.05, 0) is 54.3 Å². The highest BCUT2D eigenvalue weighted by molar-refractivity contribution is 5.74. The molecular weight excluding hydrogens is 397 g/mol. The lowest BCUT2D eigenvalue weighted by molar-refractivity contribution is -0.145. The summed E-state index contributed by atoms with van der Waals surface area (Å²) in [4.78, 5) is 12.4. The van der Waals surface area contributed by atoms with E-state index in [-0.39, 0.29) is 29.7 Å². The third kappa shape index (κ3) is 4.49. The van der Waals surface area contributed by atoms with Crippen molar-refractivity contribution in [3.63, 3.8) is 0 Å². The molecule has 31 heavy (non-hydrogen) atoms. The molecule has 1 aliphatic carbocycles. The number of methoxy groups -OCH3 is 2. The van der Waals surface area contributed by atoms with Crippen molar-refractivity contribution in [3.05, 3.63) is 78.0 Å². The van der Waals surface area contributed by atoms with Gasteiger partial charge >= 0.3 is 5.97 Å². The number of hydrogen-bond donors (Lipinski definition) is 1. The predicted molar refractivity (Wildman–Crippen MR) is 115 cm³/mol. The van der Waals surface area contributed by atoms with E-state index in [0.717, 1.165) is 40.8 Å². The monoisotopic (exact) mass is 423 g/mol. The number of carbonyl (C=O) groups is 1. The van der Waals surface area contributed by atoms with Crippen LogP contribution in [0.4, 0.5) is 4.39 Å². The number of esters is 1. The molecule has 3 unspecified atom stereocenters. The SMILES string of the molecule is COC(=O)C1CCC(NCc2cc(-c3ccoc3)ccc2OC)C1c1ccc(F)cc1. The maximum absolute atomic E-state index is 13.5. The maximum Gasteiger partial charge on any atom is 0.309 e. The first-order valence-corrected chi connectivity index (χ1v) is 10.4. The Kier molecular flexibility index (Phi) is 6.37. The van der Waals surface area contributed by atoms with Crippen molar-refractivity contribution in [2.45, 2.75) is 31.3 Å². The number of furan rings is 1. The average molecular weight is 423 g/mol. The zero-order valence-corrected chi connectivity index (χ0v) is 17.6. The van der Waals surface area contributed by atoms with Crippen LogP contribution < -0.4 is 10.1 Å². The Bertz CT molecular complexity index is 1020. The van der Waals surface area contributed by atoms with Gasteiger partial charge in [-0.3, -0.25) is 4.79 Å². The van der Waals surface area contributed by atoms with E-state index in [1.165, 1.54) is 19.2 Å². The molecule has 0 aliphatic heterocycles. The van der Waals surface area contributed by atoms with Crippen LogP contribution in [-0.4, -0.2) is 26.2 Å². The molecule has 3 aromatic rings. The number of ether oxygens (including phenoxy) is 2. The van der Waals surface area contributed by atoms with Crippen LogP contribution in [0.15, 0.2) is 65.5 Å². The average Bonchev–Trinajstić information content (AvgIpc) is 3.48. The third-order valence-corrected chi connectivity index (χ3v) is 6.10. The van der Waals surface area contributed by atoms with Crippen LogP contribution in [-0.2, 0) is 16.1 Å². The van der Waals surface area contributed by atoms with Crippen LogP contribution in [0.3, 0.4) is 0 Å². The molecule has 4 rings (SSSR count). The molecule has 1 aromatic heterocycles. The van der Waals surface area contributed by atoms with Crippen LogP contribution >= 0.6 is 0 Å². The van der Waals surface area contributed by atoms with E-state index in [2.05, 4.69) is 11.4 Å². The second kappa shape index (κ2) is 9.35. The van der Waals surface area contributed by atoms with Gasteiger partial charge in [-0.15, -0.1) is 0 Å². The molecule has 5 nitrogen and oxygen atoms in total. The second-order valence-electron chi connectivity index (χ2n) is 7.81. The van der Waals surface area contributed by atoms with Gasteiger partial charge in [0.2, 0.25) is 0 Å². The standard InChI is InChI=1S/C25H26FNO4/c1-29-23-10-5-17(18-11-12-31-15-18)13-19(23)14-27-22-9-8-21(25(28)30-2)24(22)16-3-6-20(26)7-4-16/h3-7,10-13,15,21-22,24,27H,8-9,14H2,1-2H3. The van der Waals surface area contributed by atoms with Crippen molar-refractivity contribution in [1.29, 1.82) is 0 Å². The Morgan fingerprint density at radius 2 is 1.90 bits per heavy atom. The molecule has 0 radical (unpaired) electrons. The summed E-state index contributed by atoms with van der Waals surface area (Å²) in [6.45, 7) is 0.575. The van der Waals surface area contributed by atoms with Gasteiger partial charge in [0, 0.05) is 29.6 Å². The molecule has 1 N–H and O–H groups in total. The van der Waals surface area contributed by atoms with Crippen molar-refractivity contribution >= 4 is 5.97 Å². The van der Waals surface area contributed by atoms with Gasteiger partial charge in [0.25, 0.3) is 0 Å². The number of halogens is 1. The minimum atomic E-state index is -0.290. The van der Waals surface area contributed by atoms with Crippen LogP contribution in [0.1, 0.15) is 29.9 Å². The third-order valence-electron chi connectivity index (χ3n) is 6.10. The van der Waals surface area contributed by atoms with Gasteiger partial charge in [0.1, 0.15) is 11.6 Å². The summed E-state index contributed by atoms with van der Waals surface area (Å²) < 4.78 is 29.3. The first-order chi connectivity index (χ1) is 15.1. The fourth-order valence-corrected chi connectivity index (χ4v) is 4.56. The Morgan fingerprint density at radius 3 is 2.58 bits per heavy atom. The molecule has 1 fully saturated rings. The van der Waals surface area contributed by atoms with Crippen LogP contribution in [0.2, 0.25) is 0 Å². The summed E-state index contributed by atoms with van der Waals surface area (Å²) in [6, 6.07) is 14.4. The highest BCUT2D eigenvalue weighted by atomic mass is 19.1. The molecule has 3 atom stereocenters. The van der Waals surface area contributed by atoms with Crippen LogP contribution in [0.5, 0.6) is 5.75 Å². The van der Waals surface area contributed by atoms with E-state index >= 15 is 0 Å². The first-order valence-electron chi connectivity index (χ1n) is 10.4. The molecule has 1 heterocycles. The topological polar surface area (TPSA) is 60.7 Å². The predicted octanol–water partition coefficient (Wildman–Crippen LogP) is 4.92. The normalized spacial score (nSPS) is 20.5. The van der Waals surface area contributed by atoms with Gasteiger partial charge in [-0.25, -0.2) is 4.39 Å². The van der Waals surface area contributed by atoms with E-state index in [1.54, 1.807) is 31.8 Å². The minimum absolute atomic E-state index is 0.0526. The van der Waals surface area contributed by atoms with Crippen LogP contribution in [0, 0.1) is 11.7 Å². The number of hydrogen-bond acceptors (Lipinski definition) is 5. The molecular formula is C25H26FNO4. The van der Waals surface area contributed by atoms with Gasteiger partial charge in [0.05, 0.1) is 32.7 Å². The Balaban J connectivity index is 1.57. The maximum atomic E-state index is 13.5. The highest BCUT2D eigenvalue weighted by Crippen LogP contribution is 2.41. The Labute approximate surface area is 181 Å². The first kappa shape index (κ1) is 21.1. The summed E-state index contributed by atoms with van der Waals surface area (Å²) >= 11 is 0. The minimum Gasteiger partial charge on any atom is -0.496 e. The van der Waals surface area contributed by atoms with Crippen molar-refractivity contribution in [1.82, 2.24) is 5.32 Å². The molecule has 0 bridgehead atoms. The fraction of sp³-hybridized carbons (Fsp3) is 0.320. The van der Waals surface area contributed by atoms with E-state index < -0.39 is 0 Å². The number of benzene rings is 2. The summed E-state index contributed by atoms with van der Waals surface area (Å²) in [6.07, 6.45) is 4.90. The van der Waals surface area contributed by atoms with Crippen molar-refractivity contribution < 1.29 is 23.1 Å². The van der Waals surface area contributed by atoms with Gasteiger partial charge < -0.3 is 19.2 Å². The summed E-state index contributed by atoms with van der Waals surface area (Å²) in [7, 11) is 3.07. The van der Waals surface area contributed by atoms with E-state index in [0.29, 0.717) is 6.54 Å². The zero-order valence-electron chi connectivity index (χ0n) is 17.6. The second-order valence-corrected chi connectivity index (χ2v) is 7.81. The largest absolute Gasteiger partial charge is 0.496 e. The fourth-order valence-electron chi connectivity index (χ4n) is 4.56. The zero-order chi connectivity index (χ0) is 21.8. The van der Waals surface area contributed by atoms with Crippen molar-refractivity contribution in [2.24, 2.45) is 5.92 Å². The molecule has 1 aliphatic rings. The lowest BCUT2D eigenvalue weighted by Crippen LogP contribution is -2.34. The summed E-state index contributed by atoms with van der Waals surface area (Å²) in [5.41, 5.74) is 3.99. The quantitative estimate of drug-likeness (QED) is 0.547. The molecule has 0 spiro atoms. The van der Waals surface area contributed by atoms with E-state index in [4.69, 9.17) is 13.9 Å². The summed E-state index contributed by atoms with van der Waals surface area (Å²) in [5.74, 6) is -0.0661. The molecule has 6 heteroatoms. The van der Waals surface area contributed by atoms with Crippen molar-refractivity contribution in [3.8, 4) is 16.9 Å². The molecule has 0 amide bonds. The Hall–Kier alpha value is -3.12. The molecule has 162 valence electrons.